The zero-order valence-electron chi connectivity index (χ0n) is 11.7. The first-order valence-electron chi connectivity index (χ1n) is 6.62. The molecule has 1 aromatic carbocycles. The van der Waals surface area contributed by atoms with Crippen LogP contribution in [-0.2, 0) is 16.0 Å². The third kappa shape index (κ3) is 4.09. The Kier molecular flexibility index (Phi) is 4.64. The minimum atomic E-state index is -1.10. The molecular formula is C14H18N2O5. The van der Waals surface area contributed by atoms with Gasteiger partial charge in [-0.15, -0.1) is 0 Å². The molecule has 0 radical (unpaired) electrons. The van der Waals surface area contributed by atoms with Gasteiger partial charge in [0.1, 0.15) is 0 Å². The predicted octanol–water partition coefficient (Wildman–Crippen LogP) is 0.265. The van der Waals surface area contributed by atoms with Crippen LogP contribution in [0.4, 0.5) is 0 Å². The summed E-state index contributed by atoms with van der Waals surface area (Å²) in [5, 5.41) is 11.3. The summed E-state index contributed by atoms with van der Waals surface area (Å²) in [4.78, 5) is 22.2. The first-order chi connectivity index (χ1) is 9.95. The topological polar surface area (TPSA) is 111 Å². The Labute approximate surface area is 122 Å². The van der Waals surface area contributed by atoms with Crippen LogP contribution in [0.5, 0.6) is 11.5 Å². The molecule has 0 saturated heterocycles. The molecule has 7 nitrogen and oxygen atoms in total. The first-order valence-corrected chi connectivity index (χ1v) is 6.62. The second kappa shape index (κ2) is 6.45. The number of amides is 1. The van der Waals surface area contributed by atoms with E-state index in [2.05, 4.69) is 5.32 Å². The van der Waals surface area contributed by atoms with Gasteiger partial charge in [-0.25, -0.2) is 0 Å². The zero-order chi connectivity index (χ0) is 15.4. The van der Waals surface area contributed by atoms with Gasteiger partial charge in [-0.3, -0.25) is 9.59 Å². The first kappa shape index (κ1) is 15.1. The lowest BCUT2D eigenvalue weighted by Crippen LogP contribution is -2.46. The van der Waals surface area contributed by atoms with Gasteiger partial charge in [0.15, 0.2) is 11.5 Å². The molecule has 0 unspecified atom stereocenters. The van der Waals surface area contributed by atoms with Gasteiger partial charge in [0, 0.05) is 6.04 Å². The number of nitrogens with one attached hydrogen (secondary N) is 1. The summed E-state index contributed by atoms with van der Waals surface area (Å²) in [6.45, 7) is 2.05. The van der Waals surface area contributed by atoms with Gasteiger partial charge in [0.2, 0.25) is 12.7 Å². The van der Waals surface area contributed by atoms with E-state index < -0.39 is 17.9 Å². The second-order valence-electron chi connectivity index (χ2n) is 5.01. The molecule has 2 atom stereocenters. The van der Waals surface area contributed by atoms with Gasteiger partial charge in [0.05, 0.1) is 12.5 Å². The highest BCUT2D eigenvalue weighted by Crippen LogP contribution is 2.32. The standard InChI is InChI=1S/C14H18N2O5/c1-8(16-14(19)10(15)6-13(17)18)4-9-2-3-11-12(5-9)21-7-20-11/h2-3,5,8,10H,4,6-7,15H2,1H3,(H,16,19)(H,17,18)/t8-,10+/m0/s1. The Balaban J connectivity index is 1.88. The molecule has 0 fully saturated rings. The van der Waals surface area contributed by atoms with Crippen LogP contribution in [0.15, 0.2) is 18.2 Å². The van der Waals surface area contributed by atoms with Gasteiger partial charge in [-0.05, 0) is 31.0 Å². The van der Waals surface area contributed by atoms with Crippen LogP contribution in [0.1, 0.15) is 18.9 Å². The number of carboxylic acid groups (broad SMARTS) is 1. The molecular weight excluding hydrogens is 276 g/mol. The summed E-state index contributed by atoms with van der Waals surface area (Å²) in [5.41, 5.74) is 6.49. The molecule has 1 aliphatic heterocycles. The van der Waals surface area contributed by atoms with E-state index in [9.17, 15) is 9.59 Å². The Morgan fingerprint density at radius 3 is 2.81 bits per heavy atom. The molecule has 0 bridgehead atoms. The Bertz CT molecular complexity index is 546. The normalized spacial score (nSPS) is 15.3. The van der Waals surface area contributed by atoms with Crippen molar-refractivity contribution in [2.75, 3.05) is 6.79 Å². The molecule has 0 spiro atoms. The van der Waals surface area contributed by atoms with Crippen molar-refractivity contribution in [1.82, 2.24) is 5.32 Å². The monoisotopic (exact) mass is 294 g/mol. The third-order valence-corrected chi connectivity index (χ3v) is 3.10. The maximum Gasteiger partial charge on any atom is 0.305 e. The number of nitrogens with two attached hydrogens (primary N) is 1. The number of hydrogen-bond donors (Lipinski definition) is 3. The summed E-state index contributed by atoms with van der Waals surface area (Å²) in [7, 11) is 0. The van der Waals surface area contributed by atoms with Crippen molar-refractivity contribution < 1.29 is 24.2 Å². The van der Waals surface area contributed by atoms with Crippen LogP contribution in [0.3, 0.4) is 0 Å². The van der Waals surface area contributed by atoms with E-state index in [0.29, 0.717) is 17.9 Å². The van der Waals surface area contributed by atoms with Gasteiger partial charge in [-0.2, -0.15) is 0 Å². The quantitative estimate of drug-likeness (QED) is 0.694. The summed E-state index contributed by atoms with van der Waals surface area (Å²) < 4.78 is 10.5. The lowest BCUT2D eigenvalue weighted by molar-refractivity contribution is -0.139. The SMILES string of the molecule is C[C@@H](Cc1ccc2c(c1)OCO2)NC(=O)[C@H](N)CC(=O)O. The molecule has 4 N–H and O–H groups in total. The highest BCUT2D eigenvalue weighted by molar-refractivity contribution is 5.86. The van der Waals surface area contributed by atoms with Crippen molar-refractivity contribution in [3.8, 4) is 11.5 Å². The van der Waals surface area contributed by atoms with E-state index in [0.717, 1.165) is 5.56 Å². The van der Waals surface area contributed by atoms with Crippen LogP contribution in [-0.4, -0.2) is 35.9 Å². The lowest BCUT2D eigenvalue weighted by atomic mass is 10.1. The van der Waals surface area contributed by atoms with Gasteiger partial charge >= 0.3 is 5.97 Å². The number of ether oxygens (including phenoxy) is 2. The molecule has 2 rings (SSSR count). The maximum atomic E-state index is 11.7. The van der Waals surface area contributed by atoms with E-state index in [-0.39, 0.29) is 19.3 Å². The number of carbonyl (C=O) groups is 2. The van der Waals surface area contributed by atoms with Crippen molar-refractivity contribution in [3.63, 3.8) is 0 Å². The summed E-state index contributed by atoms with van der Waals surface area (Å²) in [6, 6.07) is 4.37. The molecule has 1 heterocycles. The molecule has 1 aliphatic rings. The van der Waals surface area contributed by atoms with Crippen molar-refractivity contribution in [1.29, 1.82) is 0 Å². The molecule has 7 heteroatoms. The molecule has 114 valence electrons. The molecule has 1 aromatic rings. The third-order valence-electron chi connectivity index (χ3n) is 3.10. The van der Waals surface area contributed by atoms with Crippen LogP contribution >= 0.6 is 0 Å². The maximum absolute atomic E-state index is 11.7. The number of aliphatic carboxylic acids is 1. The van der Waals surface area contributed by atoms with E-state index in [1.54, 1.807) is 0 Å². The molecule has 0 saturated carbocycles. The highest BCUT2D eigenvalue weighted by atomic mass is 16.7. The van der Waals surface area contributed by atoms with Crippen LogP contribution in [0.25, 0.3) is 0 Å². The number of hydrogen-bond acceptors (Lipinski definition) is 5. The summed E-state index contributed by atoms with van der Waals surface area (Å²) in [5.74, 6) is -0.167. The van der Waals surface area contributed by atoms with Crippen molar-refractivity contribution in [2.45, 2.75) is 31.8 Å². The average Bonchev–Trinajstić information content (AvgIpc) is 2.84. The highest BCUT2D eigenvalue weighted by Gasteiger charge is 2.19. The molecule has 0 aromatic heterocycles. The summed E-state index contributed by atoms with van der Waals surface area (Å²) >= 11 is 0. The Hall–Kier alpha value is -2.28. The molecule has 21 heavy (non-hydrogen) atoms. The van der Waals surface area contributed by atoms with Crippen molar-refractivity contribution in [3.05, 3.63) is 23.8 Å². The number of carbonyl (C=O) groups excluding carboxylic acids is 1. The smallest absolute Gasteiger partial charge is 0.305 e. The molecule has 1 amide bonds. The summed E-state index contributed by atoms with van der Waals surface area (Å²) in [6.07, 6.45) is 0.199. The van der Waals surface area contributed by atoms with E-state index in [1.165, 1.54) is 0 Å². The largest absolute Gasteiger partial charge is 0.481 e. The predicted molar refractivity (Wildman–Crippen MR) is 74.1 cm³/mol. The van der Waals surface area contributed by atoms with Crippen LogP contribution < -0.4 is 20.5 Å². The number of rotatable bonds is 6. The minimum absolute atomic E-state index is 0.169. The Morgan fingerprint density at radius 2 is 2.10 bits per heavy atom. The fourth-order valence-electron chi connectivity index (χ4n) is 2.10. The van der Waals surface area contributed by atoms with E-state index in [4.69, 9.17) is 20.3 Å². The van der Waals surface area contributed by atoms with Gasteiger partial charge < -0.3 is 25.6 Å². The second-order valence-corrected chi connectivity index (χ2v) is 5.01. The van der Waals surface area contributed by atoms with Gasteiger partial charge in [-0.1, -0.05) is 6.07 Å². The Morgan fingerprint density at radius 1 is 1.38 bits per heavy atom. The molecule has 0 aliphatic carbocycles. The minimum Gasteiger partial charge on any atom is -0.481 e. The van der Waals surface area contributed by atoms with Crippen molar-refractivity contribution in [2.24, 2.45) is 5.73 Å². The fraction of sp³-hybridized carbons (Fsp3) is 0.429. The van der Waals surface area contributed by atoms with E-state index >= 15 is 0 Å². The van der Waals surface area contributed by atoms with Gasteiger partial charge in [0.25, 0.3) is 0 Å². The fourth-order valence-corrected chi connectivity index (χ4v) is 2.10. The average molecular weight is 294 g/mol. The van der Waals surface area contributed by atoms with E-state index in [1.807, 2.05) is 25.1 Å². The number of benzene rings is 1. The lowest BCUT2D eigenvalue weighted by Gasteiger charge is -2.17. The van der Waals surface area contributed by atoms with Crippen LogP contribution in [0, 0.1) is 0 Å². The van der Waals surface area contributed by atoms with Crippen LogP contribution in [0.2, 0.25) is 0 Å². The number of fused-ring (bicyclic) bond motifs is 1. The van der Waals surface area contributed by atoms with Crippen molar-refractivity contribution >= 4 is 11.9 Å². The number of carboxylic acids is 1. The zero-order valence-corrected chi connectivity index (χ0v) is 11.7.